The maximum absolute atomic E-state index is 12.4. The van der Waals surface area contributed by atoms with Crippen molar-refractivity contribution < 1.29 is 8.42 Å². The third-order valence-electron chi connectivity index (χ3n) is 3.30. The van der Waals surface area contributed by atoms with Gasteiger partial charge < -0.3 is 5.73 Å². The number of anilines is 2. The van der Waals surface area contributed by atoms with Crippen molar-refractivity contribution in [3.8, 4) is 6.07 Å². The van der Waals surface area contributed by atoms with E-state index < -0.39 is 10.0 Å². The lowest BCUT2D eigenvalue weighted by atomic mass is 10.1. The fourth-order valence-electron chi connectivity index (χ4n) is 1.87. The molecule has 0 aromatic heterocycles. The molecule has 3 N–H and O–H groups in total. The minimum Gasteiger partial charge on any atom is -0.397 e. The van der Waals surface area contributed by atoms with Gasteiger partial charge in [-0.15, -0.1) is 0 Å². The molecule has 0 heterocycles. The average Bonchev–Trinajstić information content (AvgIpc) is 2.48. The molecule has 0 spiro atoms. The van der Waals surface area contributed by atoms with Crippen LogP contribution in [-0.4, -0.2) is 8.42 Å². The molecule has 5 nitrogen and oxygen atoms in total. The van der Waals surface area contributed by atoms with Gasteiger partial charge in [0, 0.05) is 0 Å². The fraction of sp³-hybridized carbons (Fsp3) is 0.133. The Bertz CT molecular complexity index is 819. The van der Waals surface area contributed by atoms with E-state index in [4.69, 9.17) is 11.0 Å². The quantitative estimate of drug-likeness (QED) is 0.851. The molecule has 2 aromatic rings. The number of benzene rings is 2. The summed E-state index contributed by atoms with van der Waals surface area (Å²) in [5, 5.41) is 8.74. The molecule has 2 rings (SSSR count). The van der Waals surface area contributed by atoms with Crippen LogP contribution < -0.4 is 10.5 Å². The summed E-state index contributed by atoms with van der Waals surface area (Å²) in [4.78, 5) is 0.0850. The molecule has 6 heteroatoms. The summed E-state index contributed by atoms with van der Waals surface area (Å²) in [7, 11) is -3.74. The monoisotopic (exact) mass is 301 g/mol. The molecule has 0 saturated heterocycles. The van der Waals surface area contributed by atoms with Crippen LogP contribution in [0.25, 0.3) is 0 Å². The number of hydrogen-bond donors (Lipinski definition) is 2. The van der Waals surface area contributed by atoms with Gasteiger partial charge in [-0.2, -0.15) is 5.26 Å². The Morgan fingerprint density at radius 1 is 1.10 bits per heavy atom. The van der Waals surface area contributed by atoms with Crippen molar-refractivity contribution in [2.75, 3.05) is 10.5 Å². The maximum atomic E-state index is 12.4. The van der Waals surface area contributed by atoms with Crippen molar-refractivity contribution in [1.29, 1.82) is 5.26 Å². The lowest BCUT2D eigenvalue weighted by molar-refractivity contribution is 0.601. The molecular formula is C15H15N3O2S. The summed E-state index contributed by atoms with van der Waals surface area (Å²) in [5.41, 5.74) is 8.74. The normalized spacial score (nSPS) is 10.9. The summed E-state index contributed by atoms with van der Waals surface area (Å²) in [6.07, 6.45) is 0. The van der Waals surface area contributed by atoms with Crippen LogP contribution in [0.1, 0.15) is 16.7 Å². The van der Waals surface area contributed by atoms with Crippen LogP contribution in [0.3, 0.4) is 0 Å². The SMILES string of the molecule is Cc1ccc(N)c(NS(=O)(=O)c2ccc(C#N)cc2)c1C. The predicted octanol–water partition coefficient (Wildman–Crippen LogP) is 2.56. The van der Waals surface area contributed by atoms with E-state index in [1.54, 1.807) is 6.07 Å². The first-order valence-electron chi connectivity index (χ1n) is 6.24. The van der Waals surface area contributed by atoms with Gasteiger partial charge in [-0.1, -0.05) is 6.07 Å². The van der Waals surface area contributed by atoms with E-state index in [0.29, 0.717) is 16.9 Å². The van der Waals surface area contributed by atoms with E-state index in [0.717, 1.165) is 11.1 Å². The average molecular weight is 301 g/mol. The maximum Gasteiger partial charge on any atom is 0.261 e. The van der Waals surface area contributed by atoms with Crippen molar-refractivity contribution in [1.82, 2.24) is 0 Å². The zero-order chi connectivity index (χ0) is 15.6. The van der Waals surface area contributed by atoms with Crippen LogP contribution in [0.2, 0.25) is 0 Å². The van der Waals surface area contributed by atoms with E-state index >= 15 is 0 Å². The number of nitrogens with one attached hydrogen (secondary N) is 1. The van der Waals surface area contributed by atoms with E-state index in [-0.39, 0.29) is 4.90 Å². The zero-order valence-electron chi connectivity index (χ0n) is 11.7. The molecule has 0 amide bonds. The fourth-order valence-corrected chi connectivity index (χ4v) is 3.03. The minimum atomic E-state index is -3.74. The number of aryl methyl sites for hydroxylation is 1. The van der Waals surface area contributed by atoms with Gasteiger partial charge in [-0.25, -0.2) is 8.42 Å². The Morgan fingerprint density at radius 2 is 1.71 bits per heavy atom. The second-order valence-corrected chi connectivity index (χ2v) is 6.40. The van der Waals surface area contributed by atoms with Gasteiger partial charge in [-0.3, -0.25) is 4.72 Å². The van der Waals surface area contributed by atoms with Crippen LogP contribution in [0.5, 0.6) is 0 Å². The van der Waals surface area contributed by atoms with E-state index in [1.165, 1.54) is 24.3 Å². The highest BCUT2D eigenvalue weighted by molar-refractivity contribution is 7.92. The highest BCUT2D eigenvalue weighted by Gasteiger charge is 2.17. The molecule has 0 unspecified atom stereocenters. The Kier molecular flexibility index (Phi) is 3.87. The molecular weight excluding hydrogens is 286 g/mol. The van der Waals surface area contributed by atoms with Gasteiger partial charge in [0.2, 0.25) is 0 Å². The van der Waals surface area contributed by atoms with Crippen molar-refractivity contribution in [3.05, 3.63) is 53.1 Å². The second-order valence-electron chi connectivity index (χ2n) is 4.71. The molecule has 0 atom stereocenters. The van der Waals surface area contributed by atoms with E-state index in [9.17, 15) is 8.42 Å². The van der Waals surface area contributed by atoms with Gasteiger partial charge in [0.05, 0.1) is 27.9 Å². The lowest BCUT2D eigenvalue weighted by Crippen LogP contribution is -2.15. The molecule has 0 aliphatic carbocycles. The highest BCUT2D eigenvalue weighted by Crippen LogP contribution is 2.28. The van der Waals surface area contributed by atoms with Crippen LogP contribution in [-0.2, 0) is 10.0 Å². The topological polar surface area (TPSA) is 96.0 Å². The number of hydrogen-bond acceptors (Lipinski definition) is 4. The second kappa shape index (κ2) is 5.46. The molecule has 0 fully saturated rings. The molecule has 108 valence electrons. The predicted molar refractivity (Wildman–Crippen MR) is 82.3 cm³/mol. The number of sulfonamides is 1. The smallest absolute Gasteiger partial charge is 0.261 e. The van der Waals surface area contributed by atoms with Gasteiger partial charge in [0.1, 0.15) is 0 Å². The van der Waals surface area contributed by atoms with Crippen LogP contribution in [0.15, 0.2) is 41.3 Å². The molecule has 0 aliphatic heterocycles. The van der Waals surface area contributed by atoms with E-state index in [1.807, 2.05) is 26.0 Å². The van der Waals surface area contributed by atoms with Crippen LogP contribution in [0, 0.1) is 25.2 Å². The Morgan fingerprint density at radius 3 is 2.29 bits per heavy atom. The van der Waals surface area contributed by atoms with Crippen molar-refractivity contribution in [3.63, 3.8) is 0 Å². The summed E-state index contributed by atoms with van der Waals surface area (Å²) in [6, 6.07) is 11.1. The largest absolute Gasteiger partial charge is 0.397 e. The first-order chi connectivity index (χ1) is 9.85. The summed E-state index contributed by atoms with van der Waals surface area (Å²) in [5.74, 6) is 0. The van der Waals surface area contributed by atoms with E-state index in [2.05, 4.69) is 4.72 Å². The first-order valence-corrected chi connectivity index (χ1v) is 7.72. The first kappa shape index (κ1) is 14.9. The Hall–Kier alpha value is -2.52. The van der Waals surface area contributed by atoms with Crippen molar-refractivity contribution in [2.24, 2.45) is 0 Å². The van der Waals surface area contributed by atoms with Gasteiger partial charge >= 0.3 is 0 Å². The molecule has 0 radical (unpaired) electrons. The third-order valence-corrected chi connectivity index (χ3v) is 4.66. The molecule has 0 saturated carbocycles. The van der Waals surface area contributed by atoms with Gasteiger partial charge in [0.25, 0.3) is 10.0 Å². The molecule has 2 aromatic carbocycles. The van der Waals surface area contributed by atoms with Crippen molar-refractivity contribution in [2.45, 2.75) is 18.7 Å². The number of rotatable bonds is 3. The standard InChI is InChI=1S/C15H15N3O2S/c1-10-3-8-14(17)15(11(10)2)18-21(19,20)13-6-4-12(9-16)5-7-13/h3-8,18H,17H2,1-2H3. The Balaban J connectivity index is 2.42. The number of nitrogens with zero attached hydrogens (tertiary/aromatic N) is 1. The number of nitrogen functional groups attached to an aromatic ring is 1. The minimum absolute atomic E-state index is 0.0850. The highest BCUT2D eigenvalue weighted by atomic mass is 32.2. The molecule has 21 heavy (non-hydrogen) atoms. The molecule has 0 bridgehead atoms. The number of nitriles is 1. The summed E-state index contributed by atoms with van der Waals surface area (Å²) in [6.45, 7) is 3.69. The summed E-state index contributed by atoms with van der Waals surface area (Å²) < 4.78 is 27.2. The Labute approximate surface area is 124 Å². The van der Waals surface area contributed by atoms with Crippen LogP contribution >= 0.6 is 0 Å². The molecule has 0 aliphatic rings. The zero-order valence-corrected chi connectivity index (χ0v) is 12.5. The van der Waals surface area contributed by atoms with Crippen molar-refractivity contribution >= 4 is 21.4 Å². The number of nitrogens with two attached hydrogens (primary N) is 1. The lowest BCUT2D eigenvalue weighted by Gasteiger charge is -2.14. The van der Waals surface area contributed by atoms with Gasteiger partial charge in [-0.05, 0) is 55.3 Å². The summed E-state index contributed by atoms with van der Waals surface area (Å²) >= 11 is 0. The van der Waals surface area contributed by atoms with Crippen LogP contribution in [0.4, 0.5) is 11.4 Å². The third kappa shape index (κ3) is 2.98. The van der Waals surface area contributed by atoms with Gasteiger partial charge in [0.15, 0.2) is 0 Å².